The van der Waals surface area contributed by atoms with Crippen molar-refractivity contribution in [2.24, 2.45) is 17.8 Å². The van der Waals surface area contributed by atoms with Crippen LogP contribution in [0, 0.1) is 17.8 Å². The second kappa shape index (κ2) is 11.7. The lowest BCUT2D eigenvalue weighted by atomic mass is 9.65. The summed E-state index contributed by atoms with van der Waals surface area (Å²) in [5.74, 6) is 0.270. The van der Waals surface area contributed by atoms with Gasteiger partial charge >= 0.3 is 5.97 Å². The number of aromatic nitrogens is 1. The number of phenolic OH excluding ortho intramolecular Hbond substituents is 1. The Morgan fingerprint density at radius 1 is 1.15 bits per heavy atom. The molecule has 210 valence electrons. The van der Waals surface area contributed by atoms with Crippen LogP contribution in [-0.2, 0) is 16.0 Å². The van der Waals surface area contributed by atoms with Gasteiger partial charge in [0.25, 0.3) is 0 Å². The topological polar surface area (TPSA) is 118 Å². The summed E-state index contributed by atoms with van der Waals surface area (Å²) in [5, 5.41) is 33.6. The number of carbonyl (C=O) groups excluding carboxylic acids is 1. The number of hydrogen-bond donors (Lipinski definition) is 5. The zero-order valence-corrected chi connectivity index (χ0v) is 23.0. The van der Waals surface area contributed by atoms with Crippen LogP contribution < -0.4 is 5.32 Å². The first-order valence-electron chi connectivity index (χ1n) is 14.1. The molecule has 0 unspecified atom stereocenters. The standard InChI is InChI=1S/C21H26N2O3.C10H15NO2/c1-26-21(25)19-15-10-17-20-14(13-4-2-3-5-16(13)22-20)8-9-23(17)11-12(15)6-7-18(19)24;1-7(11-2)10(13)8-3-5-9(12)6-4-8/h2-5,12,15,17-19,22,24H,6-11H2,1H3;3-7,10-13H,1-2H3/t12-,15-,17-,18-,19+;7-,10-/m01/s1. The number of methoxy groups -OCH3 is 1. The summed E-state index contributed by atoms with van der Waals surface area (Å²) in [6.45, 7) is 4.00. The first-order valence-corrected chi connectivity index (χ1v) is 14.1. The quantitative estimate of drug-likeness (QED) is 0.324. The van der Waals surface area contributed by atoms with Crippen LogP contribution in [0.1, 0.15) is 55.2 Å². The summed E-state index contributed by atoms with van der Waals surface area (Å²) in [7, 11) is 3.23. The van der Waals surface area contributed by atoms with Gasteiger partial charge in [-0.05, 0) is 80.8 Å². The maximum Gasteiger partial charge on any atom is 0.311 e. The molecule has 8 heteroatoms. The third kappa shape index (κ3) is 5.43. The lowest BCUT2D eigenvalue weighted by Crippen LogP contribution is -2.53. The van der Waals surface area contributed by atoms with E-state index in [0.717, 1.165) is 37.9 Å². The molecule has 0 spiro atoms. The Balaban J connectivity index is 0.000000201. The van der Waals surface area contributed by atoms with Gasteiger partial charge in [0.2, 0.25) is 0 Å². The molecular weight excluding hydrogens is 494 g/mol. The number of piperidine rings is 1. The molecule has 7 atom stereocenters. The summed E-state index contributed by atoms with van der Waals surface area (Å²) in [5.41, 5.74) is 4.76. The first-order chi connectivity index (χ1) is 18.8. The molecule has 1 saturated carbocycles. The third-order valence-corrected chi connectivity index (χ3v) is 9.19. The molecule has 2 aliphatic heterocycles. The molecule has 6 rings (SSSR count). The number of phenols is 1. The van der Waals surface area contributed by atoms with E-state index in [4.69, 9.17) is 9.84 Å². The average molecular weight is 536 g/mol. The molecule has 1 saturated heterocycles. The number of aromatic hydroxyl groups is 1. The summed E-state index contributed by atoms with van der Waals surface area (Å²) < 4.78 is 5.04. The molecule has 8 nitrogen and oxygen atoms in total. The minimum absolute atomic E-state index is 0.00421. The van der Waals surface area contributed by atoms with E-state index in [1.54, 1.807) is 31.3 Å². The fourth-order valence-corrected chi connectivity index (χ4v) is 6.92. The van der Waals surface area contributed by atoms with Gasteiger partial charge < -0.3 is 30.4 Å². The highest BCUT2D eigenvalue weighted by Gasteiger charge is 2.49. The number of fused-ring (bicyclic) bond motifs is 6. The molecule has 2 fully saturated rings. The van der Waals surface area contributed by atoms with Crippen molar-refractivity contribution in [2.75, 3.05) is 27.2 Å². The molecular formula is C31H41N3O5. The van der Waals surface area contributed by atoms with E-state index in [0.29, 0.717) is 18.4 Å². The van der Waals surface area contributed by atoms with E-state index >= 15 is 0 Å². The lowest BCUT2D eigenvalue weighted by molar-refractivity contribution is -0.160. The lowest BCUT2D eigenvalue weighted by Gasteiger charge is -2.50. The van der Waals surface area contributed by atoms with E-state index in [2.05, 4.69) is 39.5 Å². The number of carbonyl (C=O) groups is 1. The number of aromatic amines is 1. The Bertz CT molecular complexity index is 1270. The third-order valence-electron chi connectivity index (χ3n) is 9.19. The summed E-state index contributed by atoms with van der Waals surface area (Å²) in [6.07, 6.45) is 2.60. The molecule has 0 bridgehead atoms. The fourth-order valence-electron chi connectivity index (χ4n) is 6.92. The highest BCUT2D eigenvalue weighted by atomic mass is 16.5. The molecule has 3 aliphatic rings. The number of ether oxygens (including phenoxy) is 1. The average Bonchev–Trinajstić information content (AvgIpc) is 3.35. The zero-order chi connectivity index (χ0) is 27.7. The van der Waals surface area contributed by atoms with Gasteiger partial charge in [-0.25, -0.2) is 0 Å². The second-order valence-electron chi connectivity index (χ2n) is 11.3. The van der Waals surface area contributed by atoms with E-state index in [9.17, 15) is 15.0 Å². The molecule has 5 N–H and O–H groups in total. The van der Waals surface area contributed by atoms with Crippen LogP contribution in [0.15, 0.2) is 48.5 Å². The maximum atomic E-state index is 12.4. The number of esters is 1. The normalized spacial score (nSPS) is 27.8. The van der Waals surface area contributed by atoms with Gasteiger partial charge in [-0.15, -0.1) is 0 Å². The van der Waals surface area contributed by atoms with Gasteiger partial charge in [-0.1, -0.05) is 30.3 Å². The molecule has 3 aromatic rings. The fraction of sp³-hybridized carbons (Fsp3) is 0.516. The van der Waals surface area contributed by atoms with E-state index in [-0.39, 0.29) is 29.6 Å². The van der Waals surface area contributed by atoms with Crippen molar-refractivity contribution in [3.63, 3.8) is 0 Å². The number of rotatable bonds is 4. The Labute approximate surface area is 230 Å². The highest BCUT2D eigenvalue weighted by Crippen LogP contribution is 2.49. The monoisotopic (exact) mass is 535 g/mol. The molecule has 0 amide bonds. The van der Waals surface area contributed by atoms with Gasteiger partial charge in [0.1, 0.15) is 5.75 Å². The second-order valence-corrected chi connectivity index (χ2v) is 11.3. The Kier molecular flexibility index (Phi) is 8.28. The van der Waals surface area contributed by atoms with Crippen LogP contribution in [0.4, 0.5) is 0 Å². The first kappa shape index (κ1) is 27.6. The molecule has 2 aromatic carbocycles. The van der Waals surface area contributed by atoms with Gasteiger partial charge in [0, 0.05) is 35.7 Å². The predicted molar refractivity (Wildman–Crippen MR) is 150 cm³/mol. The van der Waals surface area contributed by atoms with E-state index < -0.39 is 12.2 Å². The predicted octanol–water partition coefficient (Wildman–Crippen LogP) is 3.68. The number of H-pyrrole nitrogens is 1. The van der Waals surface area contributed by atoms with Crippen LogP contribution in [0.5, 0.6) is 5.75 Å². The van der Waals surface area contributed by atoms with Crippen LogP contribution in [0.2, 0.25) is 0 Å². The van der Waals surface area contributed by atoms with Crippen molar-refractivity contribution in [1.82, 2.24) is 15.2 Å². The van der Waals surface area contributed by atoms with E-state index in [1.165, 1.54) is 29.3 Å². The number of likely N-dealkylation sites (N-methyl/N-ethyl adjacent to an activating group) is 1. The van der Waals surface area contributed by atoms with Crippen molar-refractivity contribution < 1.29 is 24.9 Å². The van der Waals surface area contributed by atoms with Crippen molar-refractivity contribution in [2.45, 2.75) is 56.9 Å². The van der Waals surface area contributed by atoms with Crippen LogP contribution in [0.3, 0.4) is 0 Å². The largest absolute Gasteiger partial charge is 0.508 e. The van der Waals surface area contributed by atoms with Crippen LogP contribution >= 0.6 is 0 Å². The van der Waals surface area contributed by atoms with Crippen LogP contribution in [0.25, 0.3) is 10.9 Å². The van der Waals surface area contributed by atoms with Crippen molar-refractivity contribution in [3.05, 3.63) is 65.4 Å². The molecule has 0 radical (unpaired) electrons. The van der Waals surface area contributed by atoms with Gasteiger partial charge in [0.15, 0.2) is 0 Å². The SMILES string of the molecule is CN[C@H](C)[C@@H](O)c1ccc(O)cc1.COC(=O)[C@@H]1[C@H]2C[C@H]3c4[nH]c5ccccc5c4CCN3C[C@@H]2CC[C@@H]1O. The summed E-state index contributed by atoms with van der Waals surface area (Å²) >= 11 is 0. The number of benzene rings is 2. The number of aliphatic hydroxyl groups is 2. The minimum Gasteiger partial charge on any atom is -0.508 e. The van der Waals surface area contributed by atoms with Gasteiger partial charge in [-0.2, -0.15) is 0 Å². The maximum absolute atomic E-state index is 12.4. The summed E-state index contributed by atoms with van der Waals surface area (Å²) in [6, 6.07) is 15.4. The van der Waals surface area contributed by atoms with Crippen molar-refractivity contribution in [1.29, 1.82) is 0 Å². The molecule has 39 heavy (non-hydrogen) atoms. The van der Waals surface area contributed by atoms with E-state index in [1.807, 2.05) is 6.92 Å². The number of para-hydroxylation sites is 1. The van der Waals surface area contributed by atoms with Crippen molar-refractivity contribution >= 4 is 16.9 Å². The molecule has 1 aliphatic carbocycles. The number of nitrogens with one attached hydrogen (secondary N) is 2. The smallest absolute Gasteiger partial charge is 0.311 e. The zero-order valence-electron chi connectivity index (χ0n) is 23.0. The highest BCUT2D eigenvalue weighted by molar-refractivity contribution is 5.85. The number of nitrogens with zero attached hydrogens (tertiary/aromatic N) is 1. The Morgan fingerprint density at radius 3 is 2.62 bits per heavy atom. The molecule has 3 heterocycles. The Morgan fingerprint density at radius 2 is 1.90 bits per heavy atom. The van der Waals surface area contributed by atoms with Gasteiger partial charge in [0.05, 0.1) is 31.3 Å². The number of aliphatic hydroxyl groups excluding tert-OH is 2. The van der Waals surface area contributed by atoms with Crippen molar-refractivity contribution in [3.8, 4) is 5.75 Å². The minimum atomic E-state index is -0.568. The number of hydrogen-bond acceptors (Lipinski definition) is 7. The van der Waals surface area contributed by atoms with Crippen LogP contribution in [-0.4, -0.2) is 70.6 Å². The Hall–Kier alpha value is -2.91. The van der Waals surface area contributed by atoms with Gasteiger partial charge in [-0.3, -0.25) is 9.69 Å². The molecule has 1 aromatic heterocycles. The summed E-state index contributed by atoms with van der Waals surface area (Å²) in [4.78, 5) is 18.6.